The monoisotopic (exact) mass is 336 g/mol. The third-order valence-corrected chi connectivity index (χ3v) is 3.88. The Labute approximate surface area is 146 Å². The number of carbonyl (C=O) groups excluding carboxylic acids is 1. The van der Waals surface area contributed by atoms with Crippen LogP contribution < -0.4 is 10.1 Å². The van der Waals surface area contributed by atoms with Crippen molar-refractivity contribution < 1.29 is 9.53 Å². The first-order valence-electron chi connectivity index (χ1n) is 8.04. The molecule has 2 aromatic heterocycles. The molecule has 1 N–H and O–H groups in total. The topological polar surface area (TPSA) is 69.0 Å². The van der Waals surface area contributed by atoms with Crippen molar-refractivity contribution in [3.05, 3.63) is 66.1 Å². The molecule has 3 rings (SSSR count). The molecule has 0 fully saturated rings. The van der Waals surface area contributed by atoms with Crippen molar-refractivity contribution in [3.8, 4) is 17.0 Å². The van der Waals surface area contributed by atoms with Crippen LogP contribution in [0.5, 0.6) is 5.75 Å². The fourth-order valence-corrected chi connectivity index (χ4v) is 2.53. The molecule has 0 saturated heterocycles. The molecule has 0 spiro atoms. The van der Waals surface area contributed by atoms with Gasteiger partial charge in [0.1, 0.15) is 5.75 Å². The SMILES string of the molecule is COc1cccc(C(=O)NCCn2nc(-c3cccnc3)cc2C)c1. The lowest BCUT2D eigenvalue weighted by molar-refractivity contribution is 0.0951. The smallest absolute Gasteiger partial charge is 0.251 e. The minimum absolute atomic E-state index is 0.129. The van der Waals surface area contributed by atoms with Crippen molar-refractivity contribution >= 4 is 5.91 Å². The second-order valence-corrected chi connectivity index (χ2v) is 5.62. The molecule has 0 aliphatic heterocycles. The molecular formula is C19H20N4O2. The summed E-state index contributed by atoms with van der Waals surface area (Å²) in [5.41, 5.74) is 3.47. The summed E-state index contributed by atoms with van der Waals surface area (Å²) >= 11 is 0. The number of benzene rings is 1. The van der Waals surface area contributed by atoms with E-state index in [-0.39, 0.29) is 5.91 Å². The van der Waals surface area contributed by atoms with Crippen LogP contribution >= 0.6 is 0 Å². The van der Waals surface area contributed by atoms with Gasteiger partial charge in [0.2, 0.25) is 0 Å². The number of rotatable bonds is 6. The third kappa shape index (κ3) is 4.03. The summed E-state index contributed by atoms with van der Waals surface area (Å²) in [7, 11) is 1.58. The predicted molar refractivity (Wildman–Crippen MR) is 95.5 cm³/mol. The van der Waals surface area contributed by atoms with Crippen LogP contribution in [-0.2, 0) is 6.54 Å². The van der Waals surface area contributed by atoms with Gasteiger partial charge in [-0.3, -0.25) is 14.5 Å². The lowest BCUT2D eigenvalue weighted by Gasteiger charge is -2.08. The van der Waals surface area contributed by atoms with Crippen LogP contribution in [0.4, 0.5) is 0 Å². The first-order chi connectivity index (χ1) is 12.2. The number of hydrogen-bond acceptors (Lipinski definition) is 4. The summed E-state index contributed by atoms with van der Waals surface area (Å²) in [5, 5.41) is 7.49. The molecule has 0 unspecified atom stereocenters. The molecule has 0 aliphatic rings. The zero-order valence-corrected chi connectivity index (χ0v) is 14.3. The normalized spacial score (nSPS) is 10.5. The van der Waals surface area contributed by atoms with Crippen molar-refractivity contribution in [3.63, 3.8) is 0 Å². The number of carbonyl (C=O) groups is 1. The second-order valence-electron chi connectivity index (χ2n) is 5.62. The quantitative estimate of drug-likeness (QED) is 0.751. The van der Waals surface area contributed by atoms with Gasteiger partial charge in [-0.25, -0.2) is 0 Å². The fourth-order valence-electron chi connectivity index (χ4n) is 2.53. The van der Waals surface area contributed by atoms with Crippen molar-refractivity contribution in [2.24, 2.45) is 0 Å². The molecule has 25 heavy (non-hydrogen) atoms. The molecular weight excluding hydrogens is 316 g/mol. The Balaban J connectivity index is 1.60. The fraction of sp³-hybridized carbons (Fsp3) is 0.211. The zero-order valence-electron chi connectivity index (χ0n) is 14.3. The number of nitrogens with one attached hydrogen (secondary N) is 1. The number of amides is 1. The summed E-state index contributed by atoms with van der Waals surface area (Å²) in [6.45, 7) is 3.09. The highest BCUT2D eigenvalue weighted by molar-refractivity contribution is 5.94. The number of methoxy groups -OCH3 is 1. The van der Waals surface area contributed by atoms with E-state index < -0.39 is 0 Å². The molecule has 0 radical (unpaired) electrons. The van der Waals surface area contributed by atoms with Gasteiger partial charge in [0.15, 0.2) is 0 Å². The van der Waals surface area contributed by atoms with Gasteiger partial charge < -0.3 is 10.1 Å². The molecule has 1 aromatic carbocycles. The summed E-state index contributed by atoms with van der Waals surface area (Å²) in [6.07, 6.45) is 3.53. The number of hydrogen-bond donors (Lipinski definition) is 1. The first-order valence-corrected chi connectivity index (χ1v) is 8.04. The number of pyridine rings is 1. The van der Waals surface area contributed by atoms with Crippen LogP contribution in [0.25, 0.3) is 11.3 Å². The van der Waals surface area contributed by atoms with Crippen LogP contribution in [0.2, 0.25) is 0 Å². The van der Waals surface area contributed by atoms with E-state index in [1.54, 1.807) is 37.7 Å². The van der Waals surface area contributed by atoms with E-state index in [0.29, 0.717) is 24.4 Å². The van der Waals surface area contributed by atoms with Gasteiger partial charge >= 0.3 is 0 Å². The largest absolute Gasteiger partial charge is 0.497 e. The number of aromatic nitrogens is 3. The lowest BCUT2D eigenvalue weighted by Crippen LogP contribution is -2.27. The Morgan fingerprint density at radius 3 is 2.88 bits per heavy atom. The molecule has 3 aromatic rings. The number of aryl methyl sites for hydroxylation is 1. The first kappa shape index (κ1) is 16.7. The molecule has 6 heteroatoms. The van der Waals surface area contributed by atoms with Gasteiger partial charge in [-0.05, 0) is 43.3 Å². The van der Waals surface area contributed by atoms with E-state index in [1.807, 2.05) is 35.9 Å². The average molecular weight is 336 g/mol. The van der Waals surface area contributed by atoms with Crippen LogP contribution in [0.15, 0.2) is 54.9 Å². The maximum absolute atomic E-state index is 12.2. The Kier molecular flexibility index (Phi) is 5.09. The van der Waals surface area contributed by atoms with Gasteiger partial charge in [0.25, 0.3) is 5.91 Å². The van der Waals surface area contributed by atoms with Crippen molar-refractivity contribution in [2.45, 2.75) is 13.5 Å². The van der Waals surface area contributed by atoms with Gasteiger partial charge in [-0.1, -0.05) is 6.07 Å². The van der Waals surface area contributed by atoms with Crippen LogP contribution in [0.1, 0.15) is 16.1 Å². The summed E-state index contributed by atoms with van der Waals surface area (Å²) in [4.78, 5) is 16.3. The molecule has 0 bridgehead atoms. The molecule has 0 atom stereocenters. The Bertz CT molecular complexity index is 859. The molecule has 1 amide bonds. The van der Waals surface area contributed by atoms with E-state index in [0.717, 1.165) is 17.0 Å². The van der Waals surface area contributed by atoms with Crippen LogP contribution in [-0.4, -0.2) is 34.3 Å². The molecule has 0 aliphatic carbocycles. The maximum atomic E-state index is 12.2. The van der Waals surface area contributed by atoms with E-state index in [4.69, 9.17) is 4.74 Å². The van der Waals surface area contributed by atoms with Crippen LogP contribution in [0.3, 0.4) is 0 Å². The molecule has 128 valence electrons. The number of ether oxygens (including phenoxy) is 1. The minimum atomic E-state index is -0.129. The van der Waals surface area contributed by atoms with Crippen molar-refractivity contribution in [1.82, 2.24) is 20.1 Å². The van der Waals surface area contributed by atoms with E-state index in [2.05, 4.69) is 15.4 Å². The van der Waals surface area contributed by atoms with E-state index >= 15 is 0 Å². The van der Waals surface area contributed by atoms with Crippen molar-refractivity contribution in [1.29, 1.82) is 0 Å². The van der Waals surface area contributed by atoms with Gasteiger partial charge in [0, 0.05) is 35.8 Å². The minimum Gasteiger partial charge on any atom is -0.497 e. The van der Waals surface area contributed by atoms with Gasteiger partial charge in [-0.2, -0.15) is 5.10 Å². The maximum Gasteiger partial charge on any atom is 0.251 e. The standard InChI is InChI=1S/C19H20N4O2/c1-14-11-18(16-6-4-8-20-13-16)22-23(14)10-9-21-19(24)15-5-3-7-17(12-15)25-2/h3-8,11-13H,9-10H2,1-2H3,(H,21,24). The molecule has 2 heterocycles. The van der Waals surface area contributed by atoms with E-state index in [1.165, 1.54) is 0 Å². The van der Waals surface area contributed by atoms with Gasteiger partial charge in [-0.15, -0.1) is 0 Å². The predicted octanol–water partition coefficient (Wildman–Crippen LogP) is 2.69. The highest BCUT2D eigenvalue weighted by atomic mass is 16.5. The van der Waals surface area contributed by atoms with Crippen molar-refractivity contribution in [2.75, 3.05) is 13.7 Å². The summed E-state index contributed by atoms with van der Waals surface area (Å²) in [5.74, 6) is 0.535. The Morgan fingerprint density at radius 1 is 1.24 bits per heavy atom. The molecule has 0 saturated carbocycles. The summed E-state index contributed by atoms with van der Waals surface area (Å²) in [6, 6.07) is 13.0. The van der Waals surface area contributed by atoms with Crippen LogP contribution in [0, 0.1) is 6.92 Å². The van der Waals surface area contributed by atoms with Gasteiger partial charge in [0.05, 0.1) is 19.3 Å². The Hall–Kier alpha value is -3.15. The number of nitrogens with zero attached hydrogens (tertiary/aromatic N) is 3. The molecule has 6 nitrogen and oxygen atoms in total. The zero-order chi connectivity index (χ0) is 17.6. The lowest BCUT2D eigenvalue weighted by atomic mass is 10.2. The highest BCUT2D eigenvalue weighted by Crippen LogP contribution is 2.17. The second kappa shape index (κ2) is 7.61. The average Bonchev–Trinajstić information content (AvgIpc) is 3.03. The highest BCUT2D eigenvalue weighted by Gasteiger charge is 2.09. The summed E-state index contributed by atoms with van der Waals surface area (Å²) < 4.78 is 7.02. The van der Waals surface area contributed by atoms with E-state index in [9.17, 15) is 4.79 Å². The Morgan fingerprint density at radius 2 is 2.12 bits per heavy atom. The third-order valence-electron chi connectivity index (χ3n) is 3.88.